The molecular weight excluding hydrogens is 236 g/mol. The van der Waals surface area contributed by atoms with Crippen LogP contribution in [0.15, 0.2) is 0 Å². The van der Waals surface area contributed by atoms with Crippen molar-refractivity contribution >= 4 is 0 Å². The molecule has 1 fully saturated rings. The van der Waals surface area contributed by atoms with Gasteiger partial charge in [-0.1, -0.05) is 27.7 Å². The SMILES string of the molecule is CC(C)CNCC1(CN(C)CC(C)C)CCCOC1. The molecule has 0 spiro atoms. The predicted molar refractivity (Wildman–Crippen MR) is 82.5 cm³/mol. The molecule has 1 atom stereocenters. The van der Waals surface area contributed by atoms with Crippen molar-refractivity contribution in [1.29, 1.82) is 0 Å². The Hall–Kier alpha value is -0.120. The molecule has 114 valence electrons. The summed E-state index contributed by atoms with van der Waals surface area (Å²) in [5, 5.41) is 3.65. The lowest BCUT2D eigenvalue weighted by molar-refractivity contribution is -0.0240. The third-order valence-electron chi connectivity index (χ3n) is 3.74. The van der Waals surface area contributed by atoms with Crippen LogP contribution in [-0.2, 0) is 4.74 Å². The summed E-state index contributed by atoms with van der Waals surface area (Å²) in [6, 6.07) is 0. The zero-order valence-corrected chi connectivity index (χ0v) is 13.7. The molecule has 1 aliphatic rings. The highest BCUT2D eigenvalue weighted by atomic mass is 16.5. The largest absolute Gasteiger partial charge is 0.381 e. The van der Waals surface area contributed by atoms with Gasteiger partial charge in [-0.05, 0) is 38.3 Å². The molecule has 0 amide bonds. The maximum atomic E-state index is 5.78. The van der Waals surface area contributed by atoms with Crippen molar-refractivity contribution in [2.24, 2.45) is 17.3 Å². The lowest BCUT2D eigenvalue weighted by atomic mass is 9.81. The van der Waals surface area contributed by atoms with E-state index >= 15 is 0 Å². The van der Waals surface area contributed by atoms with E-state index in [0.717, 1.165) is 44.7 Å². The Labute approximate surface area is 120 Å². The quantitative estimate of drug-likeness (QED) is 0.734. The van der Waals surface area contributed by atoms with Gasteiger partial charge >= 0.3 is 0 Å². The average molecular weight is 270 g/mol. The number of rotatable bonds is 8. The van der Waals surface area contributed by atoms with Crippen molar-refractivity contribution in [3.8, 4) is 0 Å². The highest BCUT2D eigenvalue weighted by molar-refractivity contribution is 4.87. The molecule has 19 heavy (non-hydrogen) atoms. The Kier molecular flexibility index (Phi) is 7.33. The highest BCUT2D eigenvalue weighted by Gasteiger charge is 2.33. The molecular formula is C16H34N2O. The Bertz CT molecular complexity index is 235. The van der Waals surface area contributed by atoms with Crippen LogP contribution >= 0.6 is 0 Å². The van der Waals surface area contributed by atoms with Crippen LogP contribution in [0.4, 0.5) is 0 Å². The van der Waals surface area contributed by atoms with E-state index in [-0.39, 0.29) is 0 Å². The van der Waals surface area contributed by atoms with Gasteiger partial charge in [-0.15, -0.1) is 0 Å². The van der Waals surface area contributed by atoms with Crippen LogP contribution in [0.3, 0.4) is 0 Å². The summed E-state index contributed by atoms with van der Waals surface area (Å²) in [6.45, 7) is 15.5. The van der Waals surface area contributed by atoms with Crippen molar-refractivity contribution in [2.75, 3.05) is 46.4 Å². The summed E-state index contributed by atoms with van der Waals surface area (Å²) in [5.74, 6) is 1.45. The first-order valence-electron chi connectivity index (χ1n) is 7.90. The van der Waals surface area contributed by atoms with Crippen LogP contribution in [0.1, 0.15) is 40.5 Å². The second kappa shape index (κ2) is 8.23. The van der Waals surface area contributed by atoms with Crippen LogP contribution in [-0.4, -0.2) is 51.3 Å². The Morgan fingerprint density at radius 1 is 1.21 bits per heavy atom. The summed E-state index contributed by atoms with van der Waals surface area (Å²) in [4.78, 5) is 2.48. The van der Waals surface area contributed by atoms with Gasteiger partial charge in [0.25, 0.3) is 0 Å². The van der Waals surface area contributed by atoms with Crippen molar-refractivity contribution in [3.05, 3.63) is 0 Å². The van der Waals surface area contributed by atoms with Crippen molar-refractivity contribution in [2.45, 2.75) is 40.5 Å². The molecule has 0 aromatic rings. The summed E-state index contributed by atoms with van der Waals surface area (Å²) in [7, 11) is 2.25. The van der Waals surface area contributed by atoms with Crippen LogP contribution < -0.4 is 5.32 Å². The molecule has 1 heterocycles. The molecule has 0 radical (unpaired) electrons. The summed E-state index contributed by atoms with van der Waals surface area (Å²) < 4.78 is 5.78. The van der Waals surface area contributed by atoms with E-state index in [1.807, 2.05) is 0 Å². The first kappa shape index (κ1) is 16.9. The Balaban J connectivity index is 2.49. The van der Waals surface area contributed by atoms with E-state index in [1.54, 1.807) is 0 Å². The van der Waals surface area contributed by atoms with Gasteiger partial charge in [0.2, 0.25) is 0 Å². The fourth-order valence-electron chi connectivity index (χ4n) is 3.12. The monoisotopic (exact) mass is 270 g/mol. The smallest absolute Gasteiger partial charge is 0.0546 e. The molecule has 3 nitrogen and oxygen atoms in total. The standard InChI is InChI=1S/C16H34N2O/c1-14(2)9-17-11-16(7-6-8-19-13-16)12-18(5)10-15(3)4/h14-15,17H,6-13H2,1-5H3. The zero-order chi connectivity index (χ0) is 14.3. The maximum Gasteiger partial charge on any atom is 0.0546 e. The van der Waals surface area contributed by atoms with Crippen LogP contribution in [0.2, 0.25) is 0 Å². The third-order valence-corrected chi connectivity index (χ3v) is 3.74. The normalized spacial score (nSPS) is 24.6. The summed E-state index contributed by atoms with van der Waals surface area (Å²) in [5.41, 5.74) is 0.316. The van der Waals surface area contributed by atoms with Crippen molar-refractivity contribution in [1.82, 2.24) is 10.2 Å². The van der Waals surface area contributed by atoms with E-state index in [2.05, 4.69) is 45.0 Å². The molecule has 0 aromatic carbocycles. The average Bonchev–Trinajstić information content (AvgIpc) is 2.28. The van der Waals surface area contributed by atoms with Gasteiger partial charge in [0, 0.05) is 31.7 Å². The van der Waals surface area contributed by atoms with Gasteiger partial charge in [0.1, 0.15) is 0 Å². The Morgan fingerprint density at radius 3 is 2.47 bits per heavy atom. The lowest BCUT2D eigenvalue weighted by Crippen LogP contribution is -2.49. The molecule has 3 heteroatoms. The molecule has 1 unspecified atom stereocenters. The molecule has 0 aromatic heterocycles. The lowest BCUT2D eigenvalue weighted by Gasteiger charge is -2.40. The van der Waals surface area contributed by atoms with Gasteiger partial charge in [-0.25, -0.2) is 0 Å². The van der Waals surface area contributed by atoms with Crippen molar-refractivity contribution < 1.29 is 4.74 Å². The van der Waals surface area contributed by atoms with Gasteiger partial charge < -0.3 is 15.0 Å². The van der Waals surface area contributed by atoms with Gasteiger partial charge in [-0.2, -0.15) is 0 Å². The van der Waals surface area contributed by atoms with E-state index in [9.17, 15) is 0 Å². The minimum Gasteiger partial charge on any atom is -0.381 e. The summed E-state index contributed by atoms with van der Waals surface area (Å²) >= 11 is 0. The first-order valence-corrected chi connectivity index (χ1v) is 7.90. The highest BCUT2D eigenvalue weighted by Crippen LogP contribution is 2.29. The van der Waals surface area contributed by atoms with E-state index in [4.69, 9.17) is 4.74 Å². The van der Waals surface area contributed by atoms with E-state index in [0.29, 0.717) is 5.41 Å². The maximum absolute atomic E-state index is 5.78. The van der Waals surface area contributed by atoms with Gasteiger partial charge in [0.15, 0.2) is 0 Å². The topological polar surface area (TPSA) is 24.5 Å². The van der Waals surface area contributed by atoms with Crippen molar-refractivity contribution in [3.63, 3.8) is 0 Å². The van der Waals surface area contributed by atoms with Gasteiger partial charge in [-0.3, -0.25) is 0 Å². The number of hydrogen-bond donors (Lipinski definition) is 1. The zero-order valence-electron chi connectivity index (χ0n) is 13.7. The van der Waals surface area contributed by atoms with Crippen LogP contribution in [0.25, 0.3) is 0 Å². The Morgan fingerprint density at radius 2 is 1.95 bits per heavy atom. The third kappa shape index (κ3) is 6.73. The van der Waals surface area contributed by atoms with E-state index in [1.165, 1.54) is 19.4 Å². The molecule has 1 saturated heterocycles. The molecule has 1 N–H and O–H groups in total. The fourth-order valence-corrected chi connectivity index (χ4v) is 3.12. The number of nitrogens with one attached hydrogen (secondary N) is 1. The minimum absolute atomic E-state index is 0.316. The second-order valence-electron chi connectivity index (χ2n) is 7.27. The molecule has 1 aliphatic heterocycles. The predicted octanol–water partition coefficient (Wildman–Crippen LogP) is 2.62. The molecule has 0 bridgehead atoms. The number of hydrogen-bond acceptors (Lipinski definition) is 3. The first-order chi connectivity index (χ1) is 8.93. The molecule has 0 aliphatic carbocycles. The second-order valence-corrected chi connectivity index (χ2v) is 7.27. The van der Waals surface area contributed by atoms with Gasteiger partial charge in [0.05, 0.1) is 6.61 Å². The minimum atomic E-state index is 0.316. The summed E-state index contributed by atoms with van der Waals surface area (Å²) in [6.07, 6.45) is 2.50. The molecule has 0 saturated carbocycles. The number of nitrogens with zero attached hydrogens (tertiary/aromatic N) is 1. The van der Waals surface area contributed by atoms with Crippen LogP contribution in [0.5, 0.6) is 0 Å². The fraction of sp³-hybridized carbons (Fsp3) is 1.00. The number of ether oxygens (including phenoxy) is 1. The van der Waals surface area contributed by atoms with E-state index < -0.39 is 0 Å². The van der Waals surface area contributed by atoms with Crippen LogP contribution in [0, 0.1) is 17.3 Å². The molecule has 1 rings (SSSR count).